The molecule has 4 aliphatic rings. The fourth-order valence-corrected chi connectivity index (χ4v) is 6.52. The van der Waals surface area contributed by atoms with Crippen LogP contribution in [0.4, 0.5) is 11.6 Å². The molecule has 19 heteroatoms. The summed E-state index contributed by atoms with van der Waals surface area (Å²) in [4.78, 5) is 20.8. The van der Waals surface area contributed by atoms with Crippen LogP contribution in [0, 0.1) is 0 Å². The van der Waals surface area contributed by atoms with Gasteiger partial charge in [-0.1, -0.05) is 0 Å². The number of sulfone groups is 1. The molecule has 2 aromatic rings. The lowest BCUT2D eigenvalue weighted by Crippen LogP contribution is -2.45. The Hall–Kier alpha value is -2.28. The Morgan fingerprint density at radius 2 is 1.26 bits per heavy atom. The molecule has 15 nitrogen and oxygen atoms in total. The quantitative estimate of drug-likeness (QED) is 0.325. The second kappa shape index (κ2) is 13.4. The van der Waals surface area contributed by atoms with E-state index in [0.717, 1.165) is 25.4 Å². The summed E-state index contributed by atoms with van der Waals surface area (Å²) < 4.78 is 72.8. The van der Waals surface area contributed by atoms with Crippen LogP contribution in [0.1, 0.15) is 24.2 Å². The molecule has 2 saturated heterocycles. The molecule has 0 radical (unpaired) electrons. The summed E-state index contributed by atoms with van der Waals surface area (Å²) >= 11 is 11.9. The minimum absolute atomic E-state index is 0.0293. The largest absolute Gasteiger partial charge is 0.488 e. The highest BCUT2D eigenvalue weighted by Gasteiger charge is 2.33. The van der Waals surface area contributed by atoms with Crippen LogP contribution in [0.3, 0.4) is 0 Å². The molecule has 6 heterocycles. The van der Waals surface area contributed by atoms with Gasteiger partial charge in [0.2, 0.25) is 10.6 Å². The van der Waals surface area contributed by atoms with Gasteiger partial charge in [0, 0.05) is 32.2 Å². The average Bonchev–Trinajstić information content (AvgIpc) is 3.23. The molecule has 0 aromatic carbocycles. The molecule has 0 bridgehead atoms. The molecule has 2 atom stereocenters. The van der Waals surface area contributed by atoms with Crippen LogP contribution in [0.2, 0.25) is 10.6 Å². The van der Waals surface area contributed by atoms with Crippen LogP contribution < -0.4 is 19.3 Å². The molecule has 0 unspecified atom stereocenters. The number of halogens is 2. The molecule has 0 saturated carbocycles. The van der Waals surface area contributed by atoms with E-state index in [4.69, 9.17) is 46.3 Å². The van der Waals surface area contributed by atoms with Gasteiger partial charge in [-0.25, -0.2) is 18.4 Å². The van der Waals surface area contributed by atoms with E-state index >= 15 is 0 Å². The first-order valence-corrected chi connectivity index (χ1v) is 18.1. The predicted octanol–water partition coefficient (Wildman–Crippen LogP) is 1.26. The van der Waals surface area contributed by atoms with Crippen molar-refractivity contribution < 1.29 is 40.0 Å². The van der Waals surface area contributed by atoms with Crippen molar-refractivity contribution in [3.05, 3.63) is 22.0 Å². The number of hydrogen-bond acceptors (Lipinski definition) is 15. The second-order valence-electron chi connectivity index (χ2n) is 10.3. The van der Waals surface area contributed by atoms with E-state index in [1.54, 1.807) is 0 Å². The van der Waals surface area contributed by atoms with E-state index in [0.29, 0.717) is 87.3 Å². The molecule has 2 fully saturated rings. The Kier molecular flexibility index (Phi) is 9.99. The van der Waals surface area contributed by atoms with Gasteiger partial charge in [0.1, 0.15) is 18.0 Å². The Morgan fingerprint density at radius 1 is 0.767 bits per heavy atom. The monoisotopic (exact) mass is 682 g/mol. The third kappa shape index (κ3) is 8.26. The van der Waals surface area contributed by atoms with Gasteiger partial charge < -0.3 is 28.7 Å². The minimum Gasteiger partial charge on any atom is -0.488 e. The van der Waals surface area contributed by atoms with E-state index in [9.17, 15) is 16.8 Å². The van der Waals surface area contributed by atoms with Crippen molar-refractivity contribution in [3.8, 4) is 11.5 Å². The summed E-state index contributed by atoms with van der Waals surface area (Å²) in [6, 6.07) is 0.321. The van der Waals surface area contributed by atoms with Crippen molar-refractivity contribution in [1.82, 2.24) is 19.9 Å². The lowest BCUT2D eigenvalue weighted by atomic mass is 10.1. The van der Waals surface area contributed by atoms with Gasteiger partial charge in [0.05, 0.1) is 63.7 Å². The van der Waals surface area contributed by atoms with E-state index in [2.05, 4.69) is 29.7 Å². The van der Waals surface area contributed by atoms with Gasteiger partial charge in [-0.3, -0.25) is 4.18 Å². The highest BCUT2D eigenvalue weighted by Crippen LogP contribution is 2.37. The number of morpholine rings is 2. The van der Waals surface area contributed by atoms with Gasteiger partial charge in [0.25, 0.3) is 10.1 Å². The summed E-state index contributed by atoms with van der Waals surface area (Å²) in [6.07, 6.45) is 3.70. The number of rotatable bonds is 5. The summed E-state index contributed by atoms with van der Waals surface area (Å²) in [6.45, 7) is 4.43. The standard InChI is InChI=1S/C12H16ClN3O5S.C12H16ClN3O4S/c1-22(17,18)21-7-9-10-11(15-12(13)14-9)16-3-5-19-6-8(16)2-4-20-10;1-21(17,18)7-9-10-11(15-12(13)14-9)16-3-5-19-6-8(16)2-4-20-10/h8H,2-7H2,1H3;8H,2-7H2,1H3/t2*8-/m11/s1. The Labute approximate surface area is 259 Å². The van der Waals surface area contributed by atoms with Gasteiger partial charge in [-0.05, 0) is 23.2 Å². The van der Waals surface area contributed by atoms with Gasteiger partial charge in [-0.15, -0.1) is 0 Å². The molecule has 43 heavy (non-hydrogen) atoms. The number of fused-ring (bicyclic) bond motifs is 6. The zero-order chi connectivity index (χ0) is 30.8. The molecular formula is C24H32Cl2N6O9S2. The lowest BCUT2D eigenvalue weighted by Gasteiger charge is -2.35. The maximum atomic E-state index is 11.6. The van der Waals surface area contributed by atoms with Crippen LogP contribution in [-0.2, 0) is 46.0 Å². The fraction of sp³-hybridized carbons (Fsp3) is 0.667. The first kappa shape index (κ1) is 32.1. The zero-order valence-corrected chi connectivity index (χ0v) is 26.7. The summed E-state index contributed by atoms with van der Waals surface area (Å²) in [5, 5.41) is 0.0599. The number of aromatic nitrogens is 4. The molecule has 0 spiro atoms. The van der Waals surface area contributed by atoms with Crippen LogP contribution in [0.25, 0.3) is 0 Å². The van der Waals surface area contributed by atoms with Crippen molar-refractivity contribution in [2.24, 2.45) is 0 Å². The van der Waals surface area contributed by atoms with Crippen molar-refractivity contribution in [2.75, 3.05) is 75.0 Å². The van der Waals surface area contributed by atoms with E-state index in [1.165, 1.54) is 0 Å². The van der Waals surface area contributed by atoms with Crippen molar-refractivity contribution in [2.45, 2.75) is 37.3 Å². The number of anilines is 2. The van der Waals surface area contributed by atoms with Gasteiger partial charge in [-0.2, -0.15) is 18.4 Å². The molecule has 2 aromatic heterocycles. The SMILES string of the molecule is CS(=O)(=O)Cc1nc(Cl)nc2c1OCC[C@@H]1COCCN21.CS(=O)(=O)OCc1nc(Cl)nc2c1OCC[C@@H]1COCCN21. The second-order valence-corrected chi connectivity index (χ2v) is 14.8. The first-order chi connectivity index (χ1) is 20.4. The normalized spacial score (nSPS) is 21.8. The van der Waals surface area contributed by atoms with Crippen LogP contribution >= 0.6 is 23.2 Å². The molecule has 238 valence electrons. The number of nitrogens with zero attached hydrogens (tertiary/aromatic N) is 6. The fourth-order valence-electron chi connectivity index (χ4n) is 5.14. The number of hydrogen-bond donors (Lipinski definition) is 0. The topological polar surface area (TPSA) is 172 Å². The van der Waals surface area contributed by atoms with Crippen LogP contribution in [-0.4, -0.2) is 114 Å². The van der Waals surface area contributed by atoms with E-state index in [1.807, 2.05) is 0 Å². The van der Waals surface area contributed by atoms with Crippen molar-refractivity contribution in [1.29, 1.82) is 0 Å². The van der Waals surface area contributed by atoms with Gasteiger partial charge in [0.15, 0.2) is 33.0 Å². The Morgan fingerprint density at radius 3 is 1.74 bits per heavy atom. The van der Waals surface area contributed by atoms with Crippen LogP contribution in [0.15, 0.2) is 0 Å². The summed E-state index contributed by atoms with van der Waals surface area (Å²) in [5.41, 5.74) is 0.646. The molecule has 0 aliphatic carbocycles. The summed E-state index contributed by atoms with van der Waals surface area (Å²) in [7, 11) is -6.83. The van der Waals surface area contributed by atoms with Crippen molar-refractivity contribution >= 4 is 54.8 Å². The Balaban J connectivity index is 0.000000171. The Bertz CT molecular complexity index is 1550. The smallest absolute Gasteiger partial charge is 0.264 e. The van der Waals surface area contributed by atoms with E-state index in [-0.39, 0.29) is 35.0 Å². The third-order valence-corrected chi connectivity index (χ3v) is 8.67. The van der Waals surface area contributed by atoms with Crippen molar-refractivity contribution in [3.63, 3.8) is 0 Å². The molecule has 0 N–H and O–H groups in total. The number of ether oxygens (including phenoxy) is 4. The first-order valence-electron chi connectivity index (χ1n) is 13.5. The van der Waals surface area contributed by atoms with Crippen LogP contribution in [0.5, 0.6) is 11.5 Å². The van der Waals surface area contributed by atoms with Gasteiger partial charge >= 0.3 is 0 Å². The molecular weight excluding hydrogens is 651 g/mol. The molecule has 6 rings (SSSR count). The summed E-state index contributed by atoms with van der Waals surface area (Å²) in [5.74, 6) is 1.77. The maximum Gasteiger partial charge on any atom is 0.264 e. The lowest BCUT2D eigenvalue weighted by molar-refractivity contribution is 0.0894. The predicted molar refractivity (Wildman–Crippen MR) is 156 cm³/mol. The average molecular weight is 684 g/mol. The third-order valence-electron chi connectivity index (χ3n) is 6.98. The minimum atomic E-state index is -3.59. The maximum absolute atomic E-state index is 11.6. The van der Waals surface area contributed by atoms with E-state index < -0.39 is 20.0 Å². The highest BCUT2D eigenvalue weighted by atomic mass is 35.5. The molecule has 4 aliphatic heterocycles. The molecule has 0 amide bonds. The highest BCUT2D eigenvalue weighted by molar-refractivity contribution is 7.89. The zero-order valence-electron chi connectivity index (χ0n) is 23.6.